The molecule has 1 N–H and O–H groups in total. The average molecular weight is 438 g/mol. The Morgan fingerprint density at radius 1 is 1.06 bits per heavy atom. The van der Waals surface area contributed by atoms with Crippen molar-refractivity contribution in [3.05, 3.63) is 100.0 Å². The minimum absolute atomic E-state index is 0.117. The molecule has 3 heterocycles. The van der Waals surface area contributed by atoms with Gasteiger partial charge in [-0.25, -0.2) is 4.98 Å². The zero-order valence-electron chi connectivity index (χ0n) is 18.5. The zero-order valence-corrected chi connectivity index (χ0v) is 18.5. The van der Waals surface area contributed by atoms with Crippen LogP contribution in [0.25, 0.3) is 22.0 Å². The Labute approximate surface area is 189 Å². The summed E-state index contributed by atoms with van der Waals surface area (Å²) >= 11 is 0. The van der Waals surface area contributed by atoms with E-state index >= 15 is 0 Å². The molecule has 0 aliphatic heterocycles. The second-order valence-corrected chi connectivity index (χ2v) is 8.02. The Kier molecular flexibility index (Phi) is 4.97. The first-order valence-electron chi connectivity index (χ1n) is 10.6. The van der Waals surface area contributed by atoms with Gasteiger partial charge >= 0.3 is 0 Å². The number of pyridine rings is 1. The minimum atomic E-state index is -0.464. The van der Waals surface area contributed by atoms with Gasteiger partial charge < -0.3 is 5.32 Å². The number of aromatic nitrogens is 5. The topological polar surface area (TPSA) is 94.2 Å². The summed E-state index contributed by atoms with van der Waals surface area (Å²) in [5.74, 6) is -0.304. The van der Waals surface area contributed by atoms with Crippen molar-refractivity contribution in [3.63, 3.8) is 0 Å². The quantitative estimate of drug-likeness (QED) is 0.463. The van der Waals surface area contributed by atoms with Gasteiger partial charge in [0.1, 0.15) is 11.8 Å². The highest BCUT2D eigenvalue weighted by molar-refractivity contribution is 6.02. The second-order valence-electron chi connectivity index (χ2n) is 8.02. The second kappa shape index (κ2) is 7.98. The number of nitrogens with zero attached hydrogens (tertiary/aromatic N) is 5. The van der Waals surface area contributed by atoms with Crippen molar-refractivity contribution in [2.24, 2.45) is 0 Å². The van der Waals surface area contributed by atoms with Crippen LogP contribution in [0.15, 0.2) is 71.9 Å². The molecule has 2 aromatic carbocycles. The van der Waals surface area contributed by atoms with Crippen molar-refractivity contribution in [3.8, 4) is 5.69 Å². The molecule has 0 fully saturated rings. The fourth-order valence-corrected chi connectivity index (χ4v) is 4.26. The molecular weight excluding hydrogens is 416 g/mol. The third kappa shape index (κ3) is 3.45. The van der Waals surface area contributed by atoms with Gasteiger partial charge in [-0.3, -0.25) is 14.2 Å². The van der Waals surface area contributed by atoms with Crippen LogP contribution in [0, 0.1) is 13.8 Å². The first-order valence-corrected chi connectivity index (χ1v) is 10.6. The Morgan fingerprint density at radius 3 is 2.64 bits per heavy atom. The summed E-state index contributed by atoms with van der Waals surface area (Å²) in [4.78, 5) is 30.9. The summed E-state index contributed by atoms with van der Waals surface area (Å²) < 4.78 is 3.06. The van der Waals surface area contributed by atoms with E-state index in [1.165, 1.54) is 11.0 Å². The predicted molar refractivity (Wildman–Crippen MR) is 126 cm³/mol. The minimum Gasteiger partial charge on any atom is -0.344 e. The third-order valence-electron chi connectivity index (χ3n) is 5.82. The van der Waals surface area contributed by atoms with Gasteiger partial charge in [0, 0.05) is 11.4 Å². The SMILES string of the molecule is Cc1nn2ncncc2c1C(=O)N[C@@H](C)c1cc2cccc(C)c2c(=O)n1-c1ccccc1. The number of nitrogens with one attached hydrogen (secondary N) is 1. The summed E-state index contributed by atoms with van der Waals surface area (Å²) in [6.07, 6.45) is 2.94. The van der Waals surface area contributed by atoms with E-state index in [4.69, 9.17) is 0 Å². The van der Waals surface area contributed by atoms with Gasteiger partial charge in [-0.2, -0.15) is 5.10 Å². The van der Waals surface area contributed by atoms with Gasteiger partial charge in [0.2, 0.25) is 0 Å². The summed E-state index contributed by atoms with van der Waals surface area (Å²) in [5, 5.41) is 12.9. The summed E-state index contributed by atoms with van der Waals surface area (Å²) in [7, 11) is 0. The Hall–Kier alpha value is -4.33. The van der Waals surface area contributed by atoms with Crippen LogP contribution in [0.5, 0.6) is 0 Å². The van der Waals surface area contributed by atoms with E-state index < -0.39 is 6.04 Å². The van der Waals surface area contributed by atoms with Gasteiger partial charge in [-0.05, 0) is 49.9 Å². The van der Waals surface area contributed by atoms with E-state index in [9.17, 15) is 9.59 Å². The molecule has 0 spiro atoms. The molecule has 0 radical (unpaired) electrons. The van der Waals surface area contributed by atoms with Crippen molar-refractivity contribution < 1.29 is 4.79 Å². The molecule has 8 nitrogen and oxygen atoms in total. The summed E-state index contributed by atoms with van der Waals surface area (Å²) in [6, 6.07) is 16.7. The lowest BCUT2D eigenvalue weighted by molar-refractivity contribution is 0.0939. The maximum absolute atomic E-state index is 13.6. The number of rotatable bonds is 4. The molecule has 5 aromatic rings. The summed E-state index contributed by atoms with van der Waals surface area (Å²) in [5.41, 5.74) is 3.70. The van der Waals surface area contributed by atoms with Crippen molar-refractivity contribution >= 4 is 22.2 Å². The molecular formula is C25H22N6O2. The molecule has 0 saturated carbocycles. The van der Waals surface area contributed by atoms with Crippen LogP contribution in [0.2, 0.25) is 0 Å². The number of para-hydroxylation sites is 1. The Bertz CT molecular complexity index is 1570. The van der Waals surface area contributed by atoms with E-state index in [-0.39, 0.29) is 11.5 Å². The van der Waals surface area contributed by atoms with Gasteiger partial charge in [0.05, 0.1) is 28.9 Å². The summed E-state index contributed by atoms with van der Waals surface area (Å²) in [6.45, 7) is 5.55. The smallest absolute Gasteiger partial charge is 0.263 e. The highest BCUT2D eigenvalue weighted by Crippen LogP contribution is 2.24. The van der Waals surface area contributed by atoms with Crippen LogP contribution < -0.4 is 10.9 Å². The molecule has 164 valence electrons. The molecule has 1 atom stereocenters. The van der Waals surface area contributed by atoms with E-state index in [1.54, 1.807) is 17.7 Å². The van der Waals surface area contributed by atoms with E-state index in [0.717, 1.165) is 16.6 Å². The number of fused-ring (bicyclic) bond motifs is 2. The maximum atomic E-state index is 13.6. The first-order chi connectivity index (χ1) is 16.0. The Balaban J connectivity index is 1.64. The van der Waals surface area contributed by atoms with Gasteiger partial charge in [-0.1, -0.05) is 36.4 Å². The molecule has 1 amide bonds. The van der Waals surface area contributed by atoms with Crippen LogP contribution in [0.4, 0.5) is 0 Å². The van der Waals surface area contributed by atoms with Crippen LogP contribution in [-0.2, 0) is 0 Å². The number of carbonyl (C=O) groups is 1. The van der Waals surface area contributed by atoms with Gasteiger partial charge in [0.25, 0.3) is 11.5 Å². The van der Waals surface area contributed by atoms with Crippen molar-refractivity contribution in [1.82, 2.24) is 29.7 Å². The van der Waals surface area contributed by atoms with Crippen LogP contribution in [0.1, 0.15) is 40.3 Å². The van der Waals surface area contributed by atoms with Crippen LogP contribution in [0.3, 0.4) is 0 Å². The van der Waals surface area contributed by atoms with Crippen LogP contribution in [-0.4, -0.2) is 30.3 Å². The average Bonchev–Trinajstić information content (AvgIpc) is 3.15. The third-order valence-corrected chi connectivity index (χ3v) is 5.82. The number of amides is 1. The zero-order chi connectivity index (χ0) is 23.1. The standard InChI is InChI=1S/C25H22N6O2/c1-15-8-7-9-18-12-20(30(25(33)22(15)18)19-10-5-4-6-11-19)16(2)28-24(32)23-17(3)29-31-21(23)13-26-14-27-31/h4-14,16H,1-3H3,(H,28,32)/t16-/m0/s1. The highest BCUT2D eigenvalue weighted by Gasteiger charge is 2.23. The molecule has 8 heteroatoms. The number of hydrogen-bond donors (Lipinski definition) is 1. The molecule has 0 bridgehead atoms. The lowest BCUT2D eigenvalue weighted by atomic mass is 10.0. The molecule has 33 heavy (non-hydrogen) atoms. The predicted octanol–water partition coefficient (Wildman–Crippen LogP) is 3.54. The van der Waals surface area contributed by atoms with E-state index in [2.05, 4.69) is 20.5 Å². The molecule has 0 aliphatic rings. The molecule has 5 rings (SSSR count). The number of carbonyl (C=O) groups excluding carboxylic acids is 1. The number of hydrogen-bond acceptors (Lipinski definition) is 5. The lowest BCUT2D eigenvalue weighted by Crippen LogP contribution is -2.32. The van der Waals surface area contributed by atoms with Crippen molar-refractivity contribution in [2.45, 2.75) is 26.8 Å². The van der Waals surface area contributed by atoms with Crippen LogP contribution >= 0.6 is 0 Å². The number of aryl methyl sites for hydroxylation is 2. The van der Waals surface area contributed by atoms with Crippen molar-refractivity contribution in [1.29, 1.82) is 0 Å². The van der Waals surface area contributed by atoms with E-state index in [1.807, 2.05) is 68.4 Å². The van der Waals surface area contributed by atoms with Gasteiger partial charge in [-0.15, -0.1) is 9.73 Å². The molecule has 0 aliphatic carbocycles. The van der Waals surface area contributed by atoms with Crippen molar-refractivity contribution in [2.75, 3.05) is 0 Å². The fraction of sp³-hybridized carbons (Fsp3) is 0.160. The molecule has 3 aromatic heterocycles. The maximum Gasteiger partial charge on any atom is 0.263 e. The fourth-order valence-electron chi connectivity index (χ4n) is 4.26. The first kappa shape index (κ1) is 20.6. The number of benzene rings is 2. The normalized spacial score (nSPS) is 12.2. The van der Waals surface area contributed by atoms with E-state index in [0.29, 0.717) is 27.9 Å². The Morgan fingerprint density at radius 2 is 1.85 bits per heavy atom. The van der Waals surface area contributed by atoms with Gasteiger partial charge in [0.15, 0.2) is 0 Å². The molecule has 0 saturated heterocycles. The monoisotopic (exact) mass is 438 g/mol. The highest BCUT2D eigenvalue weighted by atomic mass is 16.2. The largest absolute Gasteiger partial charge is 0.344 e. The molecule has 0 unspecified atom stereocenters. The lowest BCUT2D eigenvalue weighted by Gasteiger charge is -2.21.